The van der Waals surface area contributed by atoms with E-state index in [1.165, 1.54) is 5.56 Å². The lowest BCUT2D eigenvalue weighted by Gasteiger charge is -2.43. The van der Waals surface area contributed by atoms with Gasteiger partial charge in [-0.3, -0.25) is 4.90 Å². The number of phenolic OH excluding ortho intramolecular Hbond substituents is 1. The monoisotopic (exact) mass is 355 g/mol. The van der Waals surface area contributed by atoms with E-state index in [-0.39, 0.29) is 23.4 Å². The van der Waals surface area contributed by atoms with Crippen LogP contribution in [0.25, 0.3) is 0 Å². The van der Waals surface area contributed by atoms with Gasteiger partial charge in [-0.05, 0) is 29.2 Å². The molecule has 0 aromatic heterocycles. The third-order valence-electron chi connectivity index (χ3n) is 4.97. The number of hydrogen-bond donors (Lipinski definition) is 1. The van der Waals surface area contributed by atoms with Crippen molar-refractivity contribution in [1.29, 1.82) is 0 Å². The summed E-state index contributed by atoms with van der Waals surface area (Å²) >= 11 is 0. The fourth-order valence-electron chi connectivity index (χ4n) is 3.42. The summed E-state index contributed by atoms with van der Waals surface area (Å²) in [5, 5.41) is 9.87. The molecule has 0 amide bonds. The Bertz CT molecular complexity index is 724. The lowest BCUT2D eigenvalue weighted by Crippen LogP contribution is -2.48. The third kappa shape index (κ3) is 4.37. The van der Waals surface area contributed by atoms with Crippen molar-refractivity contribution in [3.63, 3.8) is 0 Å². The molecule has 1 N–H and O–H groups in total. The Morgan fingerprint density at radius 2 is 1.85 bits per heavy atom. The number of morpholine rings is 1. The zero-order chi connectivity index (χ0) is 18.7. The number of ether oxygens (including phenoxy) is 2. The maximum Gasteiger partial charge on any atom is 0.123 e. The first-order valence-electron chi connectivity index (χ1n) is 9.15. The Labute approximate surface area is 156 Å². The fraction of sp³-hybridized carbons (Fsp3) is 0.455. The average molecular weight is 355 g/mol. The Morgan fingerprint density at radius 1 is 1.12 bits per heavy atom. The van der Waals surface area contributed by atoms with Crippen molar-refractivity contribution < 1.29 is 14.6 Å². The van der Waals surface area contributed by atoms with Crippen LogP contribution in [-0.4, -0.2) is 36.3 Å². The topological polar surface area (TPSA) is 41.9 Å². The summed E-state index contributed by atoms with van der Waals surface area (Å²) in [4.78, 5) is 2.40. The minimum absolute atomic E-state index is 0.0393. The molecule has 1 heterocycles. The molecule has 1 aliphatic rings. The first-order valence-corrected chi connectivity index (χ1v) is 9.15. The summed E-state index contributed by atoms with van der Waals surface area (Å²) in [5.74, 6) is 1.07. The maximum absolute atomic E-state index is 9.87. The zero-order valence-electron chi connectivity index (χ0n) is 16.1. The summed E-state index contributed by atoms with van der Waals surface area (Å²) in [6.45, 7) is 9.05. The second-order valence-electron chi connectivity index (χ2n) is 8.08. The van der Waals surface area contributed by atoms with Gasteiger partial charge in [-0.1, -0.05) is 51.1 Å². The van der Waals surface area contributed by atoms with Gasteiger partial charge in [-0.2, -0.15) is 0 Å². The second kappa shape index (κ2) is 7.68. The predicted molar refractivity (Wildman–Crippen MR) is 103 cm³/mol. The molecule has 0 radical (unpaired) electrons. The van der Waals surface area contributed by atoms with Crippen LogP contribution in [0.5, 0.6) is 11.5 Å². The van der Waals surface area contributed by atoms with Gasteiger partial charge in [0.1, 0.15) is 11.5 Å². The normalized spacial score (nSPS) is 21.5. The predicted octanol–water partition coefficient (Wildman–Crippen LogP) is 4.39. The van der Waals surface area contributed by atoms with Gasteiger partial charge in [0.05, 0.1) is 19.3 Å². The van der Waals surface area contributed by atoms with E-state index in [1.54, 1.807) is 19.2 Å². The molecule has 0 aliphatic carbocycles. The number of phenols is 1. The van der Waals surface area contributed by atoms with Gasteiger partial charge in [-0.25, -0.2) is 0 Å². The van der Waals surface area contributed by atoms with Gasteiger partial charge >= 0.3 is 0 Å². The third-order valence-corrected chi connectivity index (χ3v) is 4.97. The number of methoxy groups -OCH3 is 1. The summed E-state index contributed by atoms with van der Waals surface area (Å²) < 4.78 is 11.9. The van der Waals surface area contributed by atoms with Gasteiger partial charge < -0.3 is 14.6 Å². The molecule has 0 saturated carbocycles. The molecule has 2 aromatic carbocycles. The molecule has 1 saturated heterocycles. The van der Waals surface area contributed by atoms with Crippen LogP contribution >= 0.6 is 0 Å². The standard InChI is InChI=1S/C22H29NO3/c1-22(2,3)21-15-23(13-17-12-18(24)10-11-19(17)25-4)14-20(26-21)16-8-6-5-7-9-16/h5-12,20-21,24H,13-15H2,1-4H3/t20-,21+/m0/s1. The van der Waals surface area contributed by atoms with E-state index in [4.69, 9.17) is 9.47 Å². The van der Waals surface area contributed by atoms with Crippen molar-refractivity contribution in [2.75, 3.05) is 20.2 Å². The van der Waals surface area contributed by atoms with Gasteiger partial charge in [0.25, 0.3) is 0 Å². The van der Waals surface area contributed by atoms with Crippen molar-refractivity contribution in [3.05, 3.63) is 59.7 Å². The number of rotatable bonds is 4. The van der Waals surface area contributed by atoms with E-state index in [1.807, 2.05) is 12.1 Å². The first-order chi connectivity index (χ1) is 12.4. The van der Waals surface area contributed by atoms with Crippen molar-refractivity contribution >= 4 is 0 Å². The lowest BCUT2D eigenvalue weighted by molar-refractivity contribution is -0.131. The van der Waals surface area contributed by atoms with Crippen LogP contribution < -0.4 is 4.74 Å². The molecule has 0 spiro atoms. The van der Waals surface area contributed by atoms with E-state index in [0.29, 0.717) is 0 Å². The molecule has 2 aromatic rings. The molecular weight excluding hydrogens is 326 g/mol. The molecule has 1 aliphatic heterocycles. The zero-order valence-corrected chi connectivity index (χ0v) is 16.1. The average Bonchev–Trinajstić information content (AvgIpc) is 2.62. The number of aromatic hydroxyl groups is 1. The molecule has 0 unspecified atom stereocenters. The van der Waals surface area contributed by atoms with Crippen LogP contribution in [-0.2, 0) is 11.3 Å². The van der Waals surface area contributed by atoms with E-state index in [2.05, 4.69) is 49.9 Å². The van der Waals surface area contributed by atoms with E-state index in [0.717, 1.165) is 30.9 Å². The summed E-state index contributed by atoms with van der Waals surface area (Å²) in [6.07, 6.45) is 0.169. The molecule has 0 bridgehead atoms. The van der Waals surface area contributed by atoms with Crippen LogP contribution in [0.2, 0.25) is 0 Å². The molecule has 1 fully saturated rings. The quantitative estimate of drug-likeness (QED) is 0.883. The van der Waals surface area contributed by atoms with Crippen LogP contribution in [0.4, 0.5) is 0 Å². The number of nitrogens with zero attached hydrogens (tertiary/aromatic N) is 1. The summed E-state index contributed by atoms with van der Waals surface area (Å²) in [7, 11) is 1.67. The molecule has 26 heavy (non-hydrogen) atoms. The molecule has 140 valence electrons. The highest BCUT2D eigenvalue weighted by Crippen LogP contribution is 2.35. The van der Waals surface area contributed by atoms with E-state index in [9.17, 15) is 5.11 Å². The first kappa shape index (κ1) is 18.7. The van der Waals surface area contributed by atoms with Crippen LogP contribution in [0.15, 0.2) is 48.5 Å². The highest BCUT2D eigenvalue weighted by atomic mass is 16.5. The summed E-state index contributed by atoms with van der Waals surface area (Å²) in [6, 6.07) is 15.7. The fourth-order valence-corrected chi connectivity index (χ4v) is 3.42. The van der Waals surface area contributed by atoms with Crippen molar-refractivity contribution in [2.45, 2.75) is 39.5 Å². The number of hydrogen-bond acceptors (Lipinski definition) is 4. The highest BCUT2D eigenvalue weighted by Gasteiger charge is 2.35. The van der Waals surface area contributed by atoms with Gasteiger partial charge in [0.2, 0.25) is 0 Å². The lowest BCUT2D eigenvalue weighted by atomic mass is 9.87. The molecular formula is C22H29NO3. The van der Waals surface area contributed by atoms with Gasteiger partial charge in [0, 0.05) is 25.2 Å². The maximum atomic E-state index is 9.87. The smallest absolute Gasteiger partial charge is 0.123 e. The van der Waals surface area contributed by atoms with Crippen LogP contribution in [0.1, 0.15) is 38.0 Å². The molecule has 3 rings (SSSR count). The largest absolute Gasteiger partial charge is 0.508 e. The summed E-state index contributed by atoms with van der Waals surface area (Å²) in [5.41, 5.74) is 2.25. The highest BCUT2D eigenvalue weighted by molar-refractivity contribution is 5.39. The Hall–Kier alpha value is -2.04. The minimum atomic E-state index is 0.0393. The SMILES string of the molecule is COc1ccc(O)cc1CN1C[C@@H](c2ccccc2)O[C@@H](C(C)(C)C)C1. The number of benzene rings is 2. The Balaban J connectivity index is 1.85. The Kier molecular flexibility index (Phi) is 5.54. The van der Waals surface area contributed by atoms with Gasteiger partial charge in [0.15, 0.2) is 0 Å². The van der Waals surface area contributed by atoms with E-state index >= 15 is 0 Å². The van der Waals surface area contributed by atoms with Crippen molar-refractivity contribution in [3.8, 4) is 11.5 Å². The van der Waals surface area contributed by atoms with Crippen molar-refractivity contribution in [2.24, 2.45) is 5.41 Å². The van der Waals surface area contributed by atoms with Crippen molar-refractivity contribution in [1.82, 2.24) is 4.90 Å². The molecule has 4 nitrogen and oxygen atoms in total. The van der Waals surface area contributed by atoms with Crippen LogP contribution in [0.3, 0.4) is 0 Å². The van der Waals surface area contributed by atoms with Crippen LogP contribution in [0, 0.1) is 5.41 Å². The minimum Gasteiger partial charge on any atom is -0.508 e. The Morgan fingerprint density at radius 3 is 2.50 bits per heavy atom. The van der Waals surface area contributed by atoms with E-state index < -0.39 is 0 Å². The second-order valence-corrected chi connectivity index (χ2v) is 8.08. The van der Waals surface area contributed by atoms with Gasteiger partial charge in [-0.15, -0.1) is 0 Å². The molecule has 4 heteroatoms. The molecule has 2 atom stereocenters.